The van der Waals surface area contributed by atoms with Crippen molar-refractivity contribution in [3.63, 3.8) is 0 Å². The molecule has 0 heterocycles. The van der Waals surface area contributed by atoms with Crippen LogP contribution < -0.4 is 0 Å². The Balaban J connectivity index is -0.00000105. The Bertz CT molecular complexity index is 579. The number of hydrogen-bond donors (Lipinski definition) is 1. The number of rotatable bonds is 20. The molecule has 0 aromatic heterocycles. The second-order valence-corrected chi connectivity index (χ2v) is 11.8. The summed E-state index contributed by atoms with van der Waals surface area (Å²) in [6.07, 6.45) is 19.0. The third-order valence-electron chi connectivity index (χ3n) is 5.31. The zero-order valence-electron chi connectivity index (χ0n) is 20.9. The summed E-state index contributed by atoms with van der Waals surface area (Å²) in [4.78, 5) is 0. The van der Waals surface area contributed by atoms with E-state index in [0.29, 0.717) is 0 Å². The van der Waals surface area contributed by atoms with Crippen LogP contribution in [0.5, 0.6) is 0 Å². The van der Waals surface area contributed by atoms with Crippen LogP contribution in [0.3, 0.4) is 0 Å². The van der Waals surface area contributed by atoms with E-state index in [4.69, 9.17) is 8.74 Å². The van der Waals surface area contributed by atoms with Crippen molar-refractivity contribution in [1.82, 2.24) is 0 Å². The fraction of sp³-hybridized carbons (Fsp3) is 1.00. The quantitative estimate of drug-likeness (QED) is 0.102. The van der Waals surface area contributed by atoms with Gasteiger partial charge in [-0.3, -0.25) is 8.74 Å². The largest absolute Gasteiger partial charge is 0.286 e. The van der Waals surface area contributed by atoms with Crippen molar-refractivity contribution < 1.29 is 42.4 Å². The molecule has 0 amide bonds. The predicted octanol–water partition coefficient (Wildman–Crippen LogP) is 6.89. The molecule has 1 N–H and O–H groups in total. The van der Waals surface area contributed by atoms with Gasteiger partial charge in [-0.05, 0) is 26.7 Å². The third-order valence-corrected chi connectivity index (χ3v) is 7.90. The fourth-order valence-corrected chi connectivity index (χ4v) is 4.78. The van der Waals surface area contributed by atoms with Crippen LogP contribution in [0.4, 0.5) is 0 Å². The van der Waals surface area contributed by atoms with Crippen molar-refractivity contribution in [3.05, 3.63) is 0 Å². The minimum Gasteiger partial charge on any atom is -0.286 e. The van der Waals surface area contributed by atoms with E-state index in [2.05, 4.69) is 13.8 Å². The molecule has 32 heavy (non-hydrogen) atoms. The van der Waals surface area contributed by atoms with Crippen LogP contribution in [0, 0.1) is 0 Å². The molecule has 0 aliphatic rings. The molecule has 0 aromatic rings. The molecule has 9 heteroatoms. The van der Waals surface area contributed by atoms with Gasteiger partial charge < -0.3 is 0 Å². The molecule has 1 atom stereocenters. The molecule has 1 unspecified atom stereocenters. The molecule has 0 aromatic carbocycles. The van der Waals surface area contributed by atoms with Crippen LogP contribution in [0.1, 0.15) is 130 Å². The van der Waals surface area contributed by atoms with Crippen LogP contribution in [-0.4, -0.2) is 39.0 Å². The average molecular weight is 546 g/mol. The minimum absolute atomic E-state index is 0. The molecule has 0 aliphatic carbocycles. The van der Waals surface area contributed by atoms with E-state index in [-0.39, 0.29) is 34.4 Å². The van der Waals surface area contributed by atoms with Gasteiger partial charge in [0.1, 0.15) is 0 Å². The van der Waals surface area contributed by atoms with Gasteiger partial charge in [-0.1, -0.05) is 104 Å². The Hall–Kier alpha value is 0.326. The summed E-state index contributed by atoms with van der Waals surface area (Å²) in [7, 11) is -7.03. The second kappa shape index (κ2) is 24.5. The van der Waals surface area contributed by atoms with Crippen LogP contribution >= 0.6 is 0 Å². The molecular formula is C23H50CoO6S2. The normalized spacial score (nSPS) is 12.5. The summed E-state index contributed by atoms with van der Waals surface area (Å²) in [6, 6.07) is 0. The van der Waals surface area contributed by atoms with Gasteiger partial charge in [0.25, 0.3) is 20.2 Å². The van der Waals surface area contributed by atoms with Gasteiger partial charge in [0.05, 0.1) is 17.6 Å². The molecule has 1 radical (unpaired) electrons. The summed E-state index contributed by atoms with van der Waals surface area (Å²) in [5.41, 5.74) is 0. The maximum absolute atomic E-state index is 12.2. The van der Waals surface area contributed by atoms with E-state index in [9.17, 15) is 16.8 Å². The van der Waals surface area contributed by atoms with Crippen LogP contribution in [-0.2, 0) is 41.2 Å². The summed E-state index contributed by atoms with van der Waals surface area (Å²) in [5, 5.41) is -0.294. The van der Waals surface area contributed by atoms with E-state index in [0.717, 1.165) is 44.9 Å². The Kier molecular flexibility index (Phi) is 28.2. The molecule has 0 saturated heterocycles. The van der Waals surface area contributed by atoms with Gasteiger partial charge in [0, 0.05) is 16.8 Å². The Labute approximate surface area is 210 Å². The van der Waals surface area contributed by atoms with Crippen molar-refractivity contribution in [1.29, 1.82) is 0 Å². The first-order chi connectivity index (χ1) is 14.6. The summed E-state index contributed by atoms with van der Waals surface area (Å²) in [5.74, 6) is -0.201. The molecule has 0 fully saturated rings. The van der Waals surface area contributed by atoms with Gasteiger partial charge >= 0.3 is 0 Å². The Morgan fingerprint density at radius 3 is 1.28 bits per heavy atom. The first kappa shape index (κ1) is 36.9. The first-order valence-electron chi connectivity index (χ1n) is 12.5. The summed E-state index contributed by atoms with van der Waals surface area (Å²) in [6.45, 7) is 7.78. The van der Waals surface area contributed by atoms with Gasteiger partial charge in [-0.15, -0.1) is 0 Å². The summed E-state index contributed by atoms with van der Waals surface area (Å²) < 4.78 is 56.4. The van der Waals surface area contributed by atoms with Crippen molar-refractivity contribution in [2.24, 2.45) is 0 Å². The molecule has 0 spiro atoms. The van der Waals surface area contributed by atoms with Gasteiger partial charge in [0.2, 0.25) is 0 Å². The smallest absolute Gasteiger partial charge is 0.270 e. The Morgan fingerprint density at radius 2 is 0.938 bits per heavy atom. The van der Waals surface area contributed by atoms with Crippen molar-refractivity contribution >= 4 is 20.2 Å². The Morgan fingerprint density at radius 1 is 0.625 bits per heavy atom. The third kappa shape index (κ3) is 26.6. The number of hydrogen-bond acceptors (Lipinski definition) is 5. The molecule has 6 nitrogen and oxygen atoms in total. The maximum Gasteiger partial charge on any atom is 0.270 e. The van der Waals surface area contributed by atoms with E-state index in [1.54, 1.807) is 6.92 Å². The van der Waals surface area contributed by atoms with E-state index in [1.807, 2.05) is 0 Å². The average Bonchev–Trinajstić information content (AvgIpc) is 2.70. The van der Waals surface area contributed by atoms with E-state index < -0.39 is 20.2 Å². The fourth-order valence-electron chi connectivity index (χ4n) is 3.35. The molecule has 0 saturated carbocycles. The molecule has 0 bridgehead atoms. The van der Waals surface area contributed by atoms with Crippen molar-refractivity contribution in [3.8, 4) is 0 Å². The molecular weight excluding hydrogens is 495 g/mol. The van der Waals surface area contributed by atoms with Crippen molar-refractivity contribution in [2.45, 2.75) is 136 Å². The first-order valence-corrected chi connectivity index (χ1v) is 15.6. The van der Waals surface area contributed by atoms with E-state index in [1.165, 1.54) is 64.7 Å². The standard InChI is InChI=1S/C21H44O3S.C2H6O3S.Co/c1-4-7-9-10-11-12-13-14-15-16-18-20-21(19-17-8-5-2)25(22,23)24-6-3;1-2-6(3,4)5;/h21H,4-20H2,1-3H3;2H2,1H3,(H,3,4,5);. The zero-order valence-corrected chi connectivity index (χ0v) is 23.6. The molecule has 0 aliphatic heterocycles. The second-order valence-electron chi connectivity index (χ2n) is 8.21. The van der Waals surface area contributed by atoms with E-state index >= 15 is 0 Å². The molecule has 199 valence electrons. The number of unbranched alkanes of at least 4 members (excludes halogenated alkanes) is 12. The summed E-state index contributed by atoms with van der Waals surface area (Å²) >= 11 is 0. The topological polar surface area (TPSA) is 97.7 Å². The minimum atomic E-state index is -3.66. The van der Waals surface area contributed by atoms with Crippen molar-refractivity contribution in [2.75, 3.05) is 12.4 Å². The zero-order chi connectivity index (χ0) is 24.0. The molecule has 0 rings (SSSR count). The maximum atomic E-state index is 12.2. The predicted molar refractivity (Wildman–Crippen MR) is 132 cm³/mol. The van der Waals surface area contributed by atoms with Gasteiger partial charge in [-0.25, -0.2) is 0 Å². The van der Waals surface area contributed by atoms with Gasteiger partial charge in [0.15, 0.2) is 0 Å². The van der Waals surface area contributed by atoms with Crippen LogP contribution in [0.2, 0.25) is 0 Å². The SMILES string of the molecule is CCCCCCCCCCCCCC(CCCCC)S(=O)(=O)OCC.CCS(=O)(=O)O.[Co]. The van der Waals surface area contributed by atoms with Crippen LogP contribution in [0.25, 0.3) is 0 Å². The monoisotopic (exact) mass is 545 g/mol. The van der Waals surface area contributed by atoms with Gasteiger partial charge in [-0.2, -0.15) is 16.8 Å². The van der Waals surface area contributed by atoms with Crippen LogP contribution in [0.15, 0.2) is 0 Å².